The fraction of sp³-hybridized carbons (Fsp3) is 0.300. The van der Waals surface area contributed by atoms with Crippen LogP contribution in [0.15, 0.2) is 16.6 Å². The van der Waals surface area contributed by atoms with Crippen molar-refractivity contribution in [1.82, 2.24) is 0 Å². The molecule has 0 aromatic heterocycles. The molecule has 1 N–H and O–H groups in total. The number of rotatable bonds is 3. The van der Waals surface area contributed by atoms with Crippen molar-refractivity contribution in [1.29, 1.82) is 0 Å². The van der Waals surface area contributed by atoms with E-state index in [4.69, 9.17) is 0 Å². The Morgan fingerprint density at radius 3 is 2.87 bits per heavy atom. The summed E-state index contributed by atoms with van der Waals surface area (Å²) >= 11 is 4.52. The summed E-state index contributed by atoms with van der Waals surface area (Å²) in [7, 11) is 0. The third kappa shape index (κ3) is 3.50. The number of hydrogen-bond donors (Lipinski definition) is 1. The van der Waals surface area contributed by atoms with Crippen molar-refractivity contribution >= 4 is 39.3 Å². The number of benzene rings is 1. The number of carbonyl (C=O) groups is 1. The monoisotopic (exact) mass is 291 g/mol. The number of thioether (sulfide) groups is 1. The first-order valence-electron chi connectivity index (χ1n) is 4.29. The van der Waals surface area contributed by atoms with E-state index < -0.39 is 0 Å². The summed E-state index contributed by atoms with van der Waals surface area (Å²) in [5.41, 5.74) is 1.35. The Kier molecular flexibility index (Phi) is 4.60. The number of nitrogens with one attached hydrogen (secondary N) is 1. The average Bonchev–Trinajstić information content (AvgIpc) is 2.14. The van der Waals surface area contributed by atoms with Crippen molar-refractivity contribution in [3.05, 3.63) is 28.0 Å². The van der Waals surface area contributed by atoms with Crippen LogP contribution in [0.1, 0.15) is 5.56 Å². The van der Waals surface area contributed by atoms with Crippen LogP contribution in [0, 0.1) is 12.7 Å². The van der Waals surface area contributed by atoms with Crippen LogP contribution in [0.25, 0.3) is 0 Å². The van der Waals surface area contributed by atoms with Gasteiger partial charge in [0.1, 0.15) is 5.82 Å². The van der Waals surface area contributed by atoms with Crippen LogP contribution in [0.3, 0.4) is 0 Å². The second-order valence-corrected chi connectivity index (χ2v) is 4.78. The quantitative estimate of drug-likeness (QED) is 0.927. The number of hydrogen-bond acceptors (Lipinski definition) is 2. The van der Waals surface area contributed by atoms with Gasteiger partial charge in [0.15, 0.2) is 0 Å². The number of amides is 1. The standard InChI is InChI=1S/C10H11BrFNOS/c1-6-3-8(12)7(11)4-9(6)13-10(14)5-15-2/h3-4H,5H2,1-2H3,(H,13,14). The smallest absolute Gasteiger partial charge is 0.234 e. The molecule has 1 amide bonds. The lowest BCUT2D eigenvalue weighted by Crippen LogP contribution is -2.14. The molecule has 5 heteroatoms. The number of anilines is 1. The Bertz CT molecular complexity index is 384. The van der Waals surface area contributed by atoms with Gasteiger partial charge in [0, 0.05) is 5.69 Å². The topological polar surface area (TPSA) is 29.1 Å². The van der Waals surface area contributed by atoms with E-state index in [2.05, 4.69) is 21.2 Å². The Hall–Kier alpha value is -0.550. The van der Waals surface area contributed by atoms with Gasteiger partial charge in [-0.2, -0.15) is 11.8 Å². The van der Waals surface area contributed by atoms with E-state index >= 15 is 0 Å². The van der Waals surface area contributed by atoms with Crippen LogP contribution in [0.5, 0.6) is 0 Å². The zero-order valence-corrected chi connectivity index (χ0v) is 10.8. The van der Waals surface area contributed by atoms with Crippen LogP contribution in [-0.4, -0.2) is 17.9 Å². The lowest BCUT2D eigenvalue weighted by atomic mass is 10.2. The van der Waals surface area contributed by atoms with Gasteiger partial charge in [-0.05, 0) is 46.8 Å². The molecule has 0 saturated heterocycles. The third-order valence-electron chi connectivity index (χ3n) is 1.82. The highest BCUT2D eigenvalue weighted by molar-refractivity contribution is 9.10. The predicted molar refractivity (Wildman–Crippen MR) is 65.8 cm³/mol. The molecule has 0 aliphatic rings. The summed E-state index contributed by atoms with van der Waals surface area (Å²) in [5.74, 6) is -0.00601. The van der Waals surface area contributed by atoms with Gasteiger partial charge < -0.3 is 5.32 Å². The van der Waals surface area contributed by atoms with Gasteiger partial charge in [-0.1, -0.05) is 0 Å². The van der Waals surface area contributed by atoms with Gasteiger partial charge in [-0.15, -0.1) is 0 Å². The first kappa shape index (κ1) is 12.5. The molecule has 0 fully saturated rings. The maximum Gasteiger partial charge on any atom is 0.234 e. The summed E-state index contributed by atoms with van der Waals surface area (Å²) < 4.78 is 13.4. The molecule has 0 unspecified atom stereocenters. The van der Waals surface area contributed by atoms with E-state index in [0.29, 0.717) is 21.5 Å². The predicted octanol–water partition coefficient (Wildman–Crippen LogP) is 3.20. The lowest BCUT2D eigenvalue weighted by Gasteiger charge is -2.08. The van der Waals surface area contributed by atoms with E-state index in [9.17, 15) is 9.18 Å². The summed E-state index contributed by atoms with van der Waals surface area (Å²) in [6, 6.07) is 2.96. The summed E-state index contributed by atoms with van der Waals surface area (Å²) in [5, 5.41) is 2.72. The Labute approximate surface area is 101 Å². The summed E-state index contributed by atoms with van der Waals surface area (Å²) in [6.45, 7) is 1.75. The number of carbonyl (C=O) groups excluding carboxylic acids is 1. The van der Waals surface area contributed by atoms with Crippen molar-refractivity contribution in [2.75, 3.05) is 17.3 Å². The minimum atomic E-state index is -0.324. The molecule has 0 spiro atoms. The SMILES string of the molecule is CSCC(=O)Nc1cc(Br)c(F)cc1C. The molecule has 0 radical (unpaired) electrons. The molecule has 0 atom stereocenters. The van der Waals surface area contributed by atoms with Crippen LogP contribution < -0.4 is 5.32 Å². The molecule has 1 aromatic rings. The van der Waals surface area contributed by atoms with E-state index in [-0.39, 0.29) is 11.7 Å². The molecular weight excluding hydrogens is 281 g/mol. The van der Waals surface area contributed by atoms with Gasteiger partial charge in [-0.25, -0.2) is 4.39 Å². The maximum atomic E-state index is 13.1. The van der Waals surface area contributed by atoms with Crippen molar-refractivity contribution in [3.8, 4) is 0 Å². The highest BCUT2D eigenvalue weighted by Crippen LogP contribution is 2.24. The molecule has 0 bridgehead atoms. The molecule has 82 valence electrons. The van der Waals surface area contributed by atoms with Gasteiger partial charge in [-0.3, -0.25) is 4.79 Å². The molecule has 2 nitrogen and oxygen atoms in total. The number of halogens is 2. The first-order valence-corrected chi connectivity index (χ1v) is 6.47. The minimum absolute atomic E-state index is 0.0795. The van der Waals surface area contributed by atoms with Crippen molar-refractivity contribution < 1.29 is 9.18 Å². The highest BCUT2D eigenvalue weighted by Gasteiger charge is 2.07. The van der Waals surface area contributed by atoms with Crippen LogP contribution in [-0.2, 0) is 4.79 Å². The van der Waals surface area contributed by atoms with E-state index in [0.717, 1.165) is 0 Å². The summed E-state index contributed by atoms with van der Waals surface area (Å²) in [4.78, 5) is 11.3. The van der Waals surface area contributed by atoms with Gasteiger partial charge in [0.2, 0.25) is 5.91 Å². The number of aryl methyl sites for hydroxylation is 1. The van der Waals surface area contributed by atoms with E-state index in [1.54, 1.807) is 13.0 Å². The zero-order chi connectivity index (χ0) is 11.4. The molecule has 15 heavy (non-hydrogen) atoms. The van der Waals surface area contributed by atoms with E-state index in [1.807, 2.05) is 6.26 Å². The van der Waals surface area contributed by atoms with Crippen LogP contribution >= 0.6 is 27.7 Å². The van der Waals surface area contributed by atoms with Crippen molar-refractivity contribution in [3.63, 3.8) is 0 Å². The van der Waals surface area contributed by atoms with Crippen LogP contribution in [0.2, 0.25) is 0 Å². The molecule has 0 saturated carbocycles. The van der Waals surface area contributed by atoms with Gasteiger partial charge in [0.25, 0.3) is 0 Å². The molecule has 0 heterocycles. The molecule has 1 rings (SSSR count). The normalized spacial score (nSPS) is 10.1. The fourth-order valence-electron chi connectivity index (χ4n) is 1.10. The highest BCUT2D eigenvalue weighted by atomic mass is 79.9. The Balaban J connectivity index is 2.86. The zero-order valence-electron chi connectivity index (χ0n) is 8.43. The summed E-state index contributed by atoms with van der Waals surface area (Å²) in [6.07, 6.45) is 1.85. The Morgan fingerprint density at radius 2 is 2.27 bits per heavy atom. The average molecular weight is 292 g/mol. The molecular formula is C10H11BrFNOS. The van der Waals surface area contributed by atoms with Gasteiger partial charge in [0.05, 0.1) is 10.2 Å². The van der Waals surface area contributed by atoms with Crippen molar-refractivity contribution in [2.45, 2.75) is 6.92 Å². The lowest BCUT2D eigenvalue weighted by molar-refractivity contribution is -0.113. The van der Waals surface area contributed by atoms with Gasteiger partial charge >= 0.3 is 0 Å². The fourth-order valence-corrected chi connectivity index (χ4v) is 1.78. The minimum Gasteiger partial charge on any atom is -0.325 e. The third-order valence-corrected chi connectivity index (χ3v) is 2.98. The molecule has 0 aliphatic heterocycles. The Morgan fingerprint density at radius 1 is 1.60 bits per heavy atom. The first-order chi connectivity index (χ1) is 7.04. The largest absolute Gasteiger partial charge is 0.325 e. The second-order valence-electron chi connectivity index (χ2n) is 3.06. The van der Waals surface area contributed by atoms with Crippen molar-refractivity contribution in [2.24, 2.45) is 0 Å². The molecule has 1 aromatic carbocycles. The van der Waals surface area contributed by atoms with E-state index in [1.165, 1.54) is 17.8 Å². The van der Waals surface area contributed by atoms with Crippen LogP contribution in [0.4, 0.5) is 10.1 Å². The molecule has 0 aliphatic carbocycles. The maximum absolute atomic E-state index is 13.1. The second kappa shape index (κ2) is 5.51.